The molecule has 1 fully saturated rings. The largest absolute Gasteiger partial charge is 0.464 e. The fourth-order valence-corrected chi connectivity index (χ4v) is 3.75. The number of furan rings is 2. The number of hydrogen-bond acceptors (Lipinski definition) is 6. The van der Waals surface area contributed by atoms with Crippen LogP contribution in [0.15, 0.2) is 62.2 Å². The number of anilines is 1. The highest BCUT2D eigenvalue weighted by molar-refractivity contribution is 5.98. The molecule has 0 radical (unpaired) electrons. The molecule has 1 aliphatic rings. The van der Waals surface area contributed by atoms with Gasteiger partial charge in [0.1, 0.15) is 11.3 Å². The Labute approximate surface area is 167 Å². The Morgan fingerprint density at radius 3 is 2.52 bits per heavy atom. The van der Waals surface area contributed by atoms with Gasteiger partial charge < -0.3 is 18.6 Å². The number of amides is 1. The minimum atomic E-state index is -0.0357. The monoisotopic (exact) mass is 391 g/mol. The number of piperidine rings is 1. The van der Waals surface area contributed by atoms with Crippen LogP contribution in [0.1, 0.15) is 19.3 Å². The van der Waals surface area contributed by atoms with Gasteiger partial charge in [-0.15, -0.1) is 0 Å². The topological polar surface area (TPSA) is 84.7 Å². The SMILES string of the molecule is O=C(CN1CCCCC1)Nc1cc(-c2ccco2)c2oc(-c3ccco3)nc2c1. The molecule has 29 heavy (non-hydrogen) atoms. The Kier molecular flexibility index (Phi) is 4.65. The molecular formula is C22H21N3O4. The van der Waals surface area contributed by atoms with Gasteiger partial charge in [-0.25, -0.2) is 4.98 Å². The van der Waals surface area contributed by atoms with Gasteiger partial charge in [-0.05, 0) is 62.3 Å². The molecule has 7 nitrogen and oxygen atoms in total. The third kappa shape index (κ3) is 3.69. The summed E-state index contributed by atoms with van der Waals surface area (Å²) in [6.07, 6.45) is 6.72. The normalized spacial score (nSPS) is 15.0. The number of oxazole rings is 1. The standard InChI is InChI=1S/C22H21N3O4/c26-20(14-25-8-2-1-3-9-25)23-15-12-16(18-6-4-10-27-18)21-17(13-15)24-22(29-21)19-7-5-11-28-19/h4-7,10-13H,1-3,8-9,14H2,(H,23,26). The number of rotatable bonds is 5. The lowest BCUT2D eigenvalue weighted by Crippen LogP contribution is -2.36. The maximum absolute atomic E-state index is 12.6. The summed E-state index contributed by atoms with van der Waals surface area (Å²) in [4.78, 5) is 19.3. The van der Waals surface area contributed by atoms with Crippen molar-refractivity contribution in [1.29, 1.82) is 0 Å². The molecular weight excluding hydrogens is 370 g/mol. The van der Waals surface area contributed by atoms with Crippen LogP contribution in [0.2, 0.25) is 0 Å². The molecule has 4 heterocycles. The first kappa shape index (κ1) is 17.8. The maximum atomic E-state index is 12.6. The molecule has 4 aromatic rings. The minimum Gasteiger partial charge on any atom is -0.464 e. The third-order valence-corrected chi connectivity index (χ3v) is 5.11. The maximum Gasteiger partial charge on any atom is 0.263 e. The van der Waals surface area contributed by atoms with Crippen molar-refractivity contribution in [2.75, 3.05) is 25.0 Å². The molecule has 148 valence electrons. The van der Waals surface area contributed by atoms with Crippen LogP contribution >= 0.6 is 0 Å². The fourth-order valence-electron chi connectivity index (χ4n) is 3.75. The highest BCUT2D eigenvalue weighted by Crippen LogP contribution is 2.35. The number of carbonyl (C=O) groups is 1. The summed E-state index contributed by atoms with van der Waals surface area (Å²) in [5, 5.41) is 3.00. The highest BCUT2D eigenvalue weighted by Gasteiger charge is 2.19. The molecule has 0 bridgehead atoms. The van der Waals surface area contributed by atoms with E-state index in [1.807, 2.05) is 24.3 Å². The van der Waals surface area contributed by atoms with Gasteiger partial charge in [0.05, 0.1) is 24.6 Å². The molecule has 0 atom stereocenters. The Bertz CT molecular complexity index is 1110. The van der Waals surface area contributed by atoms with Gasteiger partial charge in [-0.2, -0.15) is 0 Å². The molecule has 0 saturated carbocycles. The van der Waals surface area contributed by atoms with Crippen LogP contribution in [0.4, 0.5) is 5.69 Å². The van der Waals surface area contributed by atoms with Crippen molar-refractivity contribution in [2.45, 2.75) is 19.3 Å². The molecule has 7 heteroatoms. The van der Waals surface area contributed by atoms with E-state index in [2.05, 4.69) is 15.2 Å². The van der Waals surface area contributed by atoms with E-state index in [1.165, 1.54) is 6.42 Å². The molecule has 1 N–H and O–H groups in total. The summed E-state index contributed by atoms with van der Waals surface area (Å²) in [6.45, 7) is 2.34. The first-order chi connectivity index (χ1) is 14.3. The van der Waals surface area contributed by atoms with Crippen molar-refractivity contribution < 1.29 is 18.0 Å². The Hall–Kier alpha value is -3.32. The predicted molar refractivity (Wildman–Crippen MR) is 108 cm³/mol. The van der Waals surface area contributed by atoms with E-state index in [0.717, 1.165) is 31.5 Å². The first-order valence-corrected chi connectivity index (χ1v) is 9.81. The molecule has 0 aliphatic carbocycles. The molecule has 5 rings (SSSR count). The number of nitrogens with zero attached hydrogens (tertiary/aromatic N) is 2. The van der Waals surface area contributed by atoms with Crippen molar-refractivity contribution in [3.05, 3.63) is 48.9 Å². The van der Waals surface area contributed by atoms with Crippen LogP contribution in [0.25, 0.3) is 34.1 Å². The van der Waals surface area contributed by atoms with Gasteiger partial charge in [0.15, 0.2) is 11.3 Å². The van der Waals surface area contributed by atoms with Crippen LogP contribution in [-0.2, 0) is 4.79 Å². The van der Waals surface area contributed by atoms with Gasteiger partial charge in [0.25, 0.3) is 5.89 Å². The quantitative estimate of drug-likeness (QED) is 0.527. The van der Waals surface area contributed by atoms with Gasteiger partial charge in [0, 0.05) is 5.69 Å². The number of carbonyl (C=O) groups excluding carboxylic acids is 1. The molecule has 0 unspecified atom stereocenters. The van der Waals surface area contributed by atoms with Crippen molar-refractivity contribution in [2.24, 2.45) is 0 Å². The number of likely N-dealkylation sites (tertiary alicyclic amines) is 1. The Morgan fingerprint density at radius 1 is 1.03 bits per heavy atom. The second kappa shape index (κ2) is 7.60. The molecule has 1 aliphatic heterocycles. The van der Waals surface area contributed by atoms with E-state index < -0.39 is 0 Å². The summed E-state index contributed by atoms with van der Waals surface area (Å²) in [5.74, 6) is 1.53. The summed E-state index contributed by atoms with van der Waals surface area (Å²) >= 11 is 0. The van der Waals surface area contributed by atoms with E-state index >= 15 is 0 Å². The number of nitrogens with one attached hydrogen (secondary N) is 1. The van der Waals surface area contributed by atoms with Crippen LogP contribution in [0, 0.1) is 0 Å². The van der Waals surface area contributed by atoms with Gasteiger partial charge in [0.2, 0.25) is 5.91 Å². The molecule has 1 saturated heterocycles. The zero-order chi connectivity index (χ0) is 19.6. The van der Waals surface area contributed by atoms with E-state index in [4.69, 9.17) is 13.3 Å². The highest BCUT2D eigenvalue weighted by atomic mass is 16.4. The van der Waals surface area contributed by atoms with E-state index in [-0.39, 0.29) is 5.91 Å². The lowest BCUT2D eigenvalue weighted by Gasteiger charge is -2.25. The fraction of sp³-hybridized carbons (Fsp3) is 0.273. The predicted octanol–water partition coefficient (Wildman–Crippen LogP) is 4.77. The van der Waals surface area contributed by atoms with E-state index in [0.29, 0.717) is 40.7 Å². The van der Waals surface area contributed by atoms with Crippen molar-refractivity contribution >= 4 is 22.7 Å². The Balaban J connectivity index is 1.48. The average molecular weight is 391 g/mol. The zero-order valence-electron chi connectivity index (χ0n) is 15.9. The number of benzene rings is 1. The zero-order valence-corrected chi connectivity index (χ0v) is 15.9. The van der Waals surface area contributed by atoms with Crippen molar-refractivity contribution in [3.63, 3.8) is 0 Å². The molecule has 1 aromatic carbocycles. The number of fused-ring (bicyclic) bond motifs is 1. The van der Waals surface area contributed by atoms with Crippen LogP contribution < -0.4 is 5.32 Å². The van der Waals surface area contributed by atoms with Crippen LogP contribution in [-0.4, -0.2) is 35.4 Å². The van der Waals surface area contributed by atoms with Gasteiger partial charge >= 0.3 is 0 Å². The smallest absolute Gasteiger partial charge is 0.263 e. The third-order valence-electron chi connectivity index (χ3n) is 5.11. The summed E-state index contributed by atoms with van der Waals surface area (Å²) in [7, 11) is 0. The van der Waals surface area contributed by atoms with E-state index in [9.17, 15) is 4.79 Å². The minimum absolute atomic E-state index is 0.0357. The van der Waals surface area contributed by atoms with Gasteiger partial charge in [-0.3, -0.25) is 9.69 Å². The lowest BCUT2D eigenvalue weighted by molar-refractivity contribution is -0.117. The molecule has 1 amide bonds. The summed E-state index contributed by atoms with van der Waals surface area (Å²) < 4.78 is 16.9. The second-order valence-electron chi connectivity index (χ2n) is 7.23. The number of hydrogen-bond donors (Lipinski definition) is 1. The molecule has 0 spiro atoms. The van der Waals surface area contributed by atoms with Crippen molar-refractivity contribution in [3.8, 4) is 23.0 Å². The number of aromatic nitrogens is 1. The average Bonchev–Trinajstić information content (AvgIpc) is 3.48. The first-order valence-electron chi connectivity index (χ1n) is 9.81. The summed E-state index contributed by atoms with van der Waals surface area (Å²) in [5.41, 5.74) is 2.59. The van der Waals surface area contributed by atoms with Crippen LogP contribution in [0.5, 0.6) is 0 Å². The van der Waals surface area contributed by atoms with E-state index in [1.54, 1.807) is 24.7 Å². The Morgan fingerprint density at radius 2 is 1.79 bits per heavy atom. The molecule has 3 aromatic heterocycles. The van der Waals surface area contributed by atoms with Gasteiger partial charge in [-0.1, -0.05) is 6.42 Å². The second-order valence-corrected chi connectivity index (χ2v) is 7.23. The van der Waals surface area contributed by atoms with Crippen LogP contribution in [0.3, 0.4) is 0 Å². The lowest BCUT2D eigenvalue weighted by atomic mass is 10.1. The summed E-state index contributed by atoms with van der Waals surface area (Å²) in [6, 6.07) is 10.9. The van der Waals surface area contributed by atoms with Crippen molar-refractivity contribution in [1.82, 2.24) is 9.88 Å².